The lowest BCUT2D eigenvalue weighted by Crippen LogP contribution is -2.57. The van der Waals surface area contributed by atoms with Crippen LogP contribution < -0.4 is 4.74 Å². The molecule has 3 aliphatic rings. The summed E-state index contributed by atoms with van der Waals surface area (Å²) in [6, 6.07) is 7.64. The molecule has 7 nitrogen and oxygen atoms in total. The van der Waals surface area contributed by atoms with Gasteiger partial charge in [-0.15, -0.1) is 0 Å². The zero-order valence-electron chi connectivity index (χ0n) is 23.2. The minimum Gasteiger partial charge on any atom is -0.490 e. The van der Waals surface area contributed by atoms with Crippen molar-refractivity contribution in [3.05, 3.63) is 58.6 Å². The van der Waals surface area contributed by atoms with Gasteiger partial charge in [-0.3, -0.25) is 0 Å². The van der Waals surface area contributed by atoms with Crippen LogP contribution in [0.2, 0.25) is 5.02 Å². The number of sulfone groups is 1. The van der Waals surface area contributed by atoms with E-state index in [9.17, 15) is 17.6 Å². The molecular weight excluding hydrogens is 596 g/mol. The summed E-state index contributed by atoms with van der Waals surface area (Å²) >= 11 is 7.71. The highest BCUT2D eigenvalue weighted by Crippen LogP contribution is 2.56. The van der Waals surface area contributed by atoms with Crippen molar-refractivity contribution in [1.29, 1.82) is 0 Å². The summed E-state index contributed by atoms with van der Waals surface area (Å²) in [5.41, 5.74) is -0.837. The second kappa shape index (κ2) is 11.5. The third kappa shape index (κ3) is 5.79. The maximum atomic E-state index is 15.5. The predicted molar refractivity (Wildman–Crippen MR) is 153 cm³/mol. The average Bonchev–Trinajstić information content (AvgIpc) is 3.39. The molecule has 0 bridgehead atoms. The molecule has 2 saturated heterocycles. The fourth-order valence-electron chi connectivity index (χ4n) is 6.04. The first-order valence-corrected chi connectivity index (χ1v) is 16.6. The Labute approximate surface area is 248 Å². The summed E-state index contributed by atoms with van der Waals surface area (Å²) in [4.78, 5) is 14.1. The third-order valence-electron chi connectivity index (χ3n) is 7.90. The molecule has 0 spiro atoms. The molecule has 1 amide bonds. The van der Waals surface area contributed by atoms with Crippen molar-refractivity contribution in [3.63, 3.8) is 0 Å². The molecule has 0 saturated carbocycles. The first-order valence-electron chi connectivity index (χ1n) is 13.7. The summed E-state index contributed by atoms with van der Waals surface area (Å²) in [5, 5.41) is 0.560. The summed E-state index contributed by atoms with van der Waals surface area (Å²) in [6.45, 7) is 6.58. The second-order valence-electron chi connectivity index (χ2n) is 11.7. The zero-order chi connectivity index (χ0) is 29.6. The van der Waals surface area contributed by atoms with Crippen molar-refractivity contribution in [2.75, 3.05) is 32.1 Å². The minimum absolute atomic E-state index is 0.0216. The number of amides is 1. The van der Waals surface area contributed by atoms with E-state index in [1.807, 2.05) is 20.8 Å². The average molecular weight is 630 g/mol. The third-order valence-corrected chi connectivity index (χ3v) is 12.0. The van der Waals surface area contributed by atoms with Crippen LogP contribution in [-0.4, -0.2) is 68.4 Å². The number of halogens is 3. The predicted octanol–water partition coefficient (Wildman–Crippen LogP) is 6.22. The molecular formula is C29H34ClF2NO6S2. The molecule has 41 heavy (non-hydrogen) atoms. The highest BCUT2D eigenvalue weighted by Gasteiger charge is 2.61. The van der Waals surface area contributed by atoms with Gasteiger partial charge in [0.1, 0.15) is 16.2 Å². The second-order valence-corrected chi connectivity index (χ2v) is 15.7. The molecule has 12 heteroatoms. The Balaban J connectivity index is 1.38. The molecule has 0 unspecified atom stereocenters. The Kier molecular flexibility index (Phi) is 8.55. The quantitative estimate of drug-likeness (QED) is 0.375. The fourth-order valence-corrected chi connectivity index (χ4v) is 9.77. The molecule has 0 N–H and O–H groups in total. The number of hydrogen-bond donors (Lipinski definition) is 0. The molecule has 2 aromatic rings. The van der Waals surface area contributed by atoms with E-state index in [1.54, 1.807) is 16.7 Å². The standard InChI is InChI=1S/C29H34ClF2NO6S2/c1-28(2,3)39-27(34)33-13-10-19(16-33)40-15-11-24-21-17-38-26-23(32)9-8-22(31)25(26)29(21,12-14-37-24)41(35,36)20-6-4-18(30)5-7-20/h4-9,19,21,24H,10-17H2,1-3H3/t19-,21+,24+,29+/m1/s1. The molecule has 0 aromatic heterocycles. The molecule has 2 aromatic carbocycles. The number of fused-ring (bicyclic) bond motifs is 3. The van der Waals surface area contributed by atoms with Gasteiger partial charge in [0.25, 0.3) is 0 Å². The Morgan fingerprint density at radius 3 is 2.59 bits per heavy atom. The highest BCUT2D eigenvalue weighted by molar-refractivity contribution is 7.99. The van der Waals surface area contributed by atoms with E-state index < -0.39 is 43.8 Å². The van der Waals surface area contributed by atoms with Crippen LogP contribution in [-0.2, 0) is 24.1 Å². The Morgan fingerprint density at radius 2 is 1.88 bits per heavy atom. The van der Waals surface area contributed by atoms with Gasteiger partial charge in [-0.25, -0.2) is 22.0 Å². The van der Waals surface area contributed by atoms with E-state index in [0.29, 0.717) is 30.3 Å². The molecule has 3 heterocycles. The molecule has 224 valence electrons. The van der Waals surface area contributed by atoms with Gasteiger partial charge in [0.05, 0.1) is 23.2 Å². The summed E-state index contributed by atoms with van der Waals surface area (Å²) in [6.07, 6.45) is 0.343. The van der Waals surface area contributed by atoms with Crippen LogP contribution in [0, 0.1) is 17.6 Å². The van der Waals surface area contributed by atoms with E-state index in [4.69, 9.17) is 25.8 Å². The lowest BCUT2D eigenvalue weighted by molar-refractivity contribution is -0.0731. The Hall–Kier alpha value is -2.08. The number of benzene rings is 2. The zero-order valence-corrected chi connectivity index (χ0v) is 25.6. The van der Waals surface area contributed by atoms with E-state index in [-0.39, 0.29) is 47.2 Å². The monoisotopic (exact) mass is 629 g/mol. The van der Waals surface area contributed by atoms with Gasteiger partial charge < -0.3 is 19.1 Å². The number of carbonyl (C=O) groups is 1. The van der Waals surface area contributed by atoms with Crippen molar-refractivity contribution in [2.24, 2.45) is 5.92 Å². The molecule has 5 rings (SSSR count). The Bertz CT molecular complexity index is 1400. The molecule has 3 aliphatic heterocycles. The minimum atomic E-state index is -4.25. The van der Waals surface area contributed by atoms with Crippen LogP contribution in [0.1, 0.15) is 45.6 Å². The lowest BCUT2D eigenvalue weighted by atomic mass is 9.75. The highest BCUT2D eigenvalue weighted by atomic mass is 35.5. The number of rotatable bonds is 6. The summed E-state index contributed by atoms with van der Waals surface area (Å²) < 4.78 is 74.8. The SMILES string of the molecule is CC(C)(C)OC(=O)N1CC[C@@H](SCC[C@@H]2OCC[C@@]3(S(=O)(=O)c4ccc(Cl)cc4)c4c(F)ccc(F)c4OC[C@@H]23)C1. The van der Waals surface area contributed by atoms with Crippen molar-refractivity contribution >= 4 is 39.3 Å². The number of nitrogens with zero attached hydrogens (tertiary/aromatic N) is 1. The van der Waals surface area contributed by atoms with Gasteiger partial charge in [0.2, 0.25) is 0 Å². The van der Waals surface area contributed by atoms with Crippen molar-refractivity contribution < 1.29 is 36.2 Å². The van der Waals surface area contributed by atoms with Gasteiger partial charge in [-0.1, -0.05) is 11.6 Å². The van der Waals surface area contributed by atoms with Crippen LogP contribution in [0.15, 0.2) is 41.3 Å². The number of ether oxygens (including phenoxy) is 3. The smallest absolute Gasteiger partial charge is 0.410 e. The van der Waals surface area contributed by atoms with Gasteiger partial charge >= 0.3 is 6.09 Å². The van der Waals surface area contributed by atoms with Crippen molar-refractivity contribution in [2.45, 2.75) is 66.6 Å². The normalized spacial score (nSPS) is 26.2. The van der Waals surface area contributed by atoms with Crippen molar-refractivity contribution in [1.82, 2.24) is 4.90 Å². The van der Waals surface area contributed by atoms with Crippen LogP contribution in [0.25, 0.3) is 0 Å². The molecule has 0 radical (unpaired) electrons. The molecule has 0 aliphatic carbocycles. The van der Waals surface area contributed by atoms with E-state index >= 15 is 4.39 Å². The first-order chi connectivity index (χ1) is 19.3. The Morgan fingerprint density at radius 1 is 1.17 bits per heavy atom. The van der Waals surface area contributed by atoms with Crippen LogP contribution in [0.5, 0.6) is 5.75 Å². The van der Waals surface area contributed by atoms with E-state index in [2.05, 4.69) is 0 Å². The molecule has 2 fully saturated rings. The number of likely N-dealkylation sites (tertiary alicyclic amines) is 1. The van der Waals surface area contributed by atoms with Crippen molar-refractivity contribution in [3.8, 4) is 5.75 Å². The van der Waals surface area contributed by atoms with E-state index in [0.717, 1.165) is 18.6 Å². The largest absolute Gasteiger partial charge is 0.490 e. The maximum absolute atomic E-state index is 15.5. The van der Waals surface area contributed by atoms with Gasteiger partial charge in [0, 0.05) is 35.9 Å². The number of carbonyl (C=O) groups excluding carboxylic acids is 1. The van der Waals surface area contributed by atoms with Crippen LogP contribution >= 0.6 is 23.4 Å². The number of thioether (sulfide) groups is 1. The van der Waals surface area contributed by atoms with Crippen LogP contribution in [0.3, 0.4) is 0 Å². The first kappa shape index (κ1) is 30.4. The fraction of sp³-hybridized carbons (Fsp3) is 0.552. The lowest BCUT2D eigenvalue weighted by Gasteiger charge is -2.50. The van der Waals surface area contributed by atoms with E-state index in [1.165, 1.54) is 24.3 Å². The topological polar surface area (TPSA) is 82.1 Å². The summed E-state index contributed by atoms with van der Waals surface area (Å²) in [7, 11) is -4.25. The number of hydrogen-bond acceptors (Lipinski definition) is 7. The maximum Gasteiger partial charge on any atom is 0.410 e. The van der Waals surface area contributed by atoms with Gasteiger partial charge in [0.15, 0.2) is 21.4 Å². The van der Waals surface area contributed by atoms with Gasteiger partial charge in [-0.2, -0.15) is 11.8 Å². The van der Waals surface area contributed by atoms with Crippen LogP contribution in [0.4, 0.5) is 13.6 Å². The van der Waals surface area contributed by atoms with Gasteiger partial charge in [-0.05, 0) is 82.2 Å². The summed E-state index contributed by atoms with van der Waals surface area (Å²) in [5.74, 6) is -2.14. The molecule has 4 atom stereocenters.